The minimum absolute atomic E-state index is 0.211. The molecule has 0 N–H and O–H groups in total. The molecule has 2 aromatic heterocycles. The lowest BCUT2D eigenvalue weighted by molar-refractivity contribution is -0.134. The van der Waals surface area contributed by atoms with Crippen LogP contribution >= 0.6 is 11.8 Å². The average Bonchev–Trinajstić information content (AvgIpc) is 3.39. The lowest BCUT2D eigenvalue weighted by atomic mass is 9.98. The van der Waals surface area contributed by atoms with Crippen molar-refractivity contribution < 1.29 is 4.79 Å². The van der Waals surface area contributed by atoms with Gasteiger partial charge < -0.3 is 4.90 Å². The van der Waals surface area contributed by atoms with Crippen LogP contribution in [0.5, 0.6) is 0 Å². The Hall–Kier alpha value is -1.89. The van der Waals surface area contributed by atoms with Crippen LogP contribution in [0.1, 0.15) is 52.0 Å². The van der Waals surface area contributed by atoms with E-state index < -0.39 is 0 Å². The molecule has 2 aromatic rings. The minimum Gasteiger partial charge on any atom is -0.337 e. The van der Waals surface area contributed by atoms with E-state index >= 15 is 0 Å². The molecule has 0 spiro atoms. The molecule has 1 saturated carbocycles. The second kappa shape index (κ2) is 7.39. The molecular weight excluding hydrogens is 346 g/mol. The van der Waals surface area contributed by atoms with Gasteiger partial charge in [0.2, 0.25) is 5.91 Å². The third kappa shape index (κ3) is 3.49. The van der Waals surface area contributed by atoms with Gasteiger partial charge in [-0.1, -0.05) is 11.8 Å². The summed E-state index contributed by atoms with van der Waals surface area (Å²) in [5, 5.41) is 9.63. The molecule has 0 bridgehead atoms. The summed E-state index contributed by atoms with van der Waals surface area (Å²) in [5.41, 5.74) is 0.975. The summed E-state index contributed by atoms with van der Waals surface area (Å²) in [6.45, 7) is 4.32. The maximum atomic E-state index is 12.8. The van der Waals surface area contributed by atoms with Gasteiger partial charge in [-0.15, -0.1) is 10.2 Å². The zero-order valence-corrected chi connectivity index (χ0v) is 16.2. The van der Waals surface area contributed by atoms with Gasteiger partial charge in [-0.3, -0.25) is 14.3 Å². The number of rotatable bonds is 5. The van der Waals surface area contributed by atoms with Crippen molar-refractivity contribution in [3.05, 3.63) is 24.5 Å². The van der Waals surface area contributed by atoms with Gasteiger partial charge in [-0.2, -0.15) is 0 Å². The Morgan fingerprint density at radius 1 is 1.19 bits per heavy atom. The number of carbonyl (C=O) groups is 1. The van der Waals surface area contributed by atoms with Crippen LogP contribution in [0.4, 0.5) is 0 Å². The first kappa shape index (κ1) is 17.5. The summed E-state index contributed by atoms with van der Waals surface area (Å²) >= 11 is 1.51. The first-order valence-corrected chi connectivity index (χ1v) is 10.4. The van der Waals surface area contributed by atoms with Crippen molar-refractivity contribution in [1.29, 1.82) is 0 Å². The Bertz CT molecular complexity index is 763. The lowest BCUT2D eigenvalue weighted by Crippen LogP contribution is -2.48. The minimum atomic E-state index is 0.211. The predicted molar refractivity (Wildman–Crippen MR) is 102 cm³/mol. The molecule has 3 heterocycles. The first-order chi connectivity index (χ1) is 12.6. The summed E-state index contributed by atoms with van der Waals surface area (Å²) in [4.78, 5) is 19.1. The molecule has 7 heteroatoms. The van der Waals surface area contributed by atoms with Gasteiger partial charge in [-0.05, 0) is 58.1 Å². The second-order valence-electron chi connectivity index (χ2n) is 7.37. The molecule has 2 aliphatic rings. The Labute approximate surface area is 158 Å². The van der Waals surface area contributed by atoms with Gasteiger partial charge in [0.25, 0.3) is 0 Å². The summed E-state index contributed by atoms with van der Waals surface area (Å²) in [7, 11) is 0. The number of nitrogens with zero attached hydrogens (tertiary/aromatic N) is 5. The Kier molecular flexibility index (Phi) is 4.98. The third-order valence-electron chi connectivity index (χ3n) is 5.30. The molecule has 2 atom stereocenters. The topological polar surface area (TPSA) is 63.9 Å². The number of amides is 1. The molecule has 2 fully saturated rings. The van der Waals surface area contributed by atoms with E-state index in [0.29, 0.717) is 23.9 Å². The summed E-state index contributed by atoms with van der Waals surface area (Å²) < 4.78 is 2.19. The maximum absolute atomic E-state index is 12.8. The van der Waals surface area contributed by atoms with E-state index in [2.05, 4.69) is 38.5 Å². The Balaban J connectivity index is 1.50. The number of thioether (sulfide) groups is 1. The van der Waals surface area contributed by atoms with Crippen LogP contribution in [-0.2, 0) is 4.79 Å². The standard InChI is InChI=1S/C19H25N5OS/c1-13-5-3-6-14(2)23(13)17(25)12-26-19-22-21-18(24(19)16-8-9-16)15-7-4-10-20-11-15/h4,7,10-11,13-14,16H,3,5-6,8-9,12H2,1-2H3/t13-,14+. The normalized spacial score (nSPS) is 23.2. The lowest BCUT2D eigenvalue weighted by Gasteiger charge is -2.39. The number of carbonyl (C=O) groups excluding carboxylic acids is 1. The van der Waals surface area contributed by atoms with Crippen molar-refractivity contribution in [3.63, 3.8) is 0 Å². The molecule has 0 unspecified atom stereocenters. The van der Waals surface area contributed by atoms with E-state index in [1.54, 1.807) is 6.20 Å². The number of hydrogen-bond donors (Lipinski definition) is 0. The average molecular weight is 372 g/mol. The number of pyridine rings is 1. The highest BCUT2D eigenvalue weighted by atomic mass is 32.2. The van der Waals surface area contributed by atoms with Crippen LogP contribution < -0.4 is 0 Å². The molecule has 26 heavy (non-hydrogen) atoms. The van der Waals surface area contributed by atoms with E-state index in [4.69, 9.17) is 0 Å². The molecule has 1 aliphatic carbocycles. The molecule has 1 aliphatic heterocycles. The van der Waals surface area contributed by atoms with E-state index in [0.717, 1.165) is 42.2 Å². The Morgan fingerprint density at radius 3 is 2.62 bits per heavy atom. The highest BCUT2D eigenvalue weighted by Crippen LogP contribution is 2.41. The second-order valence-corrected chi connectivity index (χ2v) is 8.31. The van der Waals surface area contributed by atoms with E-state index in [9.17, 15) is 4.79 Å². The van der Waals surface area contributed by atoms with Crippen molar-refractivity contribution in [1.82, 2.24) is 24.6 Å². The fraction of sp³-hybridized carbons (Fsp3) is 0.579. The van der Waals surface area contributed by atoms with Gasteiger partial charge in [-0.25, -0.2) is 0 Å². The summed E-state index contributed by atoms with van der Waals surface area (Å²) in [6, 6.07) is 5.03. The fourth-order valence-electron chi connectivity index (χ4n) is 3.84. The quantitative estimate of drug-likeness (QED) is 0.752. The van der Waals surface area contributed by atoms with Crippen molar-refractivity contribution in [2.24, 2.45) is 0 Å². The molecule has 138 valence electrons. The molecule has 1 amide bonds. The first-order valence-electron chi connectivity index (χ1n) is 9.44. The third-order valence-corrected chi connectivity index (χ3v) is 6.23. The smallest absolute Gasteiger partial charge is 0.233 e. The highest BCUT2D eigenvalue weighted by molar-refractivity contribution is 7.99. The number of aromatic nitrogens is 4. The van der Waals surface area contributed by atoms with Crippen molar-refractivity contribution in [2.45, 2.75) is 69.2 Å². The predicted octanol–water partition coefficient (Wildman–Crippen LogP) is 3.56. The van der Waals surface area contributed by atoms with E-state index in [1.165, 1.54) is 18.2 Å². The fourth-order valence-corrected chi connectivity index (χ4v) is 4.72. The van der Waals surface area contributed by atoms with Gasteiger partial charge in [0.1, 0.15) is 0 Å². The number of hydrogen-bond acceptors (Lipinski definition) is 5. The van der Waals surface area contributed by atoms with Gasteiger partial charge >= 0.3 is 0 Å². The zero-order chi connectivity index (χ0) is 18.1. The van der Waals surface area contributed by atoms with Gasteiger partial charge in [0.05, 0.1) is 5.75 Å². The van der Waals surface area contributed by atoms with Crippen LogP contribution in [0.15, 0.2) is 29.7 Å². The molecule has 0 radical (unpaired) electrons. The monoisotopic (exact) mass is 371 g/mol. The van der Waals surface area contributed by atoms with Gasteiger partial charge in [0.15, 0.2) is 11.0 Å². The molecule has 6 nitrogen and oxygen atoms in total. The largest absolute Gasteiger partial charge is 0.337 e. The van der Waals surface area contributed by atoms with Gasteiger partial charge in [0, 0.05) is 36.1 Å². The van der Waals surface area contributed by atoms with Crippen LogP contribution in [-0.4, -0.2) is 48.4 Å². The molecule has 0 aromatic carbocycles. The summed E-state index contributed by atoms with van der Waals surface area (Å²) in [6.07, 6.45) is 9.29. The van der Waals surface area contributed by atoms with E-state index in [-0.39, 0.29) is 5.91 Å². The molecular formula is C19H25N5OS. The zero-order valence-electron chi connectivity index (χ0n) is 15.3. The van der Waals surface area contributed by atoms with Crippen LogP contribution in [0.2, 0.25) is 0 Å². The number of piperidine rings is 1. The highest BCUT2D eigenvalue weighted by Gasteiger charge is 2.32. The van der Waals surface area contributed by atoms with E-state index in [1.807, 2.05) is 18.3 Å². The number of likely N-dealkylation sites (tertiary alicyclic amines) is 1. The maximum Gasteiger partial charge on any atom is 0.233 e. The van der Waals surface area contributed by atoms with Crippen molar-refractivity contribution >= 4 is 17.7 Å². The summed E-state index contributed by atoms with van der Waals surface area (Å²) in [5.74, 6) is 1.49. The Morgan fingerprint density at radius 2 is 1.96 bits per heavy atom. The van der Waals surface area contributed by atoms with Crippen molar-refractivity contribution in [3.8, 4) is 11.4 Å². The molecule has 4 rings (SSSR count). The SMILES string of the molecule is C[C@@H]1CCC[C@H](C)N1C(=O)CSc1nnc(-c2cccnc2)n1C1CC1. The van der Waals surface area contributed by atoms with Crippen molar-refractivity contribution in [2.75, 3.05) is 5.75 Å². The molecule has 1 saturated heterocycles. The van der Waals surface area contributed by atoms with Crippen LogP contribution in [0.25, 0.3) is 11.4 Å². The van der Waals surface area contributed by atoms with Crippen LogP contribution in [0, 0.1) is 0 Å². The van der Waals surface area contributed by atoms with Crippen LogP contribution in [0.3, 0.4) is 0 Å².